The van der Waals surface area contributed by atoms with Crippen molar-refractivity contribution in [2.75, 3.05) is 13.1 Å². The lowest BCUT2D eigenvalue weighted by Gasteiger charge is -2.30. The standard InChI is InChI=1S/C22H25N3/c1-16-8-11-24-22-7-6-19(14-21(16)22)18-4-2-17(3-5-18)15-25-12-9-20(23)10-13-25/h2-8,11,14,20H,9-10,12-13,15,23H2,1H3. The summed E-state index contributed by atoms with van der Waals surface area (Å²) in [6, 6.07) is 18.0. The molecular formula is C22H25N3. The van der Waals surface area contributed by atoms with Gasteiger partial charge in [-0.15, -0.1) is 0 Å². The topological polar surface area (TPSA) is 42.2 Å². The second-order valence-electron chi connectivity index (χ2n) is 7.17. The first-order chi connectivity index (χ1) is 12.2. The van der Waals surface area contributed by atoms with Crippen LogP contribution in [-0.4, -0.2) is 29.0 Å². The molecule has 3 nitrogen and oxygen atoms in total. The number of hydrogen-bond acceptors (Lipinski definition) is 3. The van der Waals surface area contributed by atoms with Gasteiger partial charge in [0.05, 0.1) is 5.52 Å². The van der Waals surface area contributed by atoms with Crippen LogP contribution in [-0.2, 0) is 6.54 Å². The largest absolute Gasteiger partial charge is 0.328 e. The maximum atomic E-state index is 5.99. The Kier molecular flexibility index (Phi) is 4.51. The Morgan fingerprint density at radius 2 is 1.72 bits per heavy atom. The number of piperidine rings is 1. The Balaban J connectivity index is 1.53. The molecule has 0 aliphatic carbocycles. The van der Waals surface area contributed by atoms with E-state index < -0.39 is 0 Å². The van der Waals surface area contributed by atoms with Gasteiger partial charge in [-0.2, -0.15) is 0 Å². The minimum absolute atomic E-state index is 0.393. The van der Waals surface area contributed by atoms with E-state index in [9.17, 15) is 0 Å². The first-order valence-corrected chi connectivity index (χ1v) is 9.12. The molecule has 0 radical (unpaired) electrons. The van der Waals surface area contributed by atoms with Gasteiger partial charge in [-0.05, 0) is 73.3 Å². The molecule has 3 heteroatoms. The predicted octanol–water partition coefficient (Wildman–Crippen LogP) is 4.13. The number of aryl methyl sites for hydroxylation is 1. The van der Waals surface area contributed by atoms with Crippen molar-refractivity contribution in [1.82, 2.24) is 9.88 Å². The zero-order valence-corrected chi connectivity index (χ0v) is 14.8. The molecule has 128 valence electrons. The lowest BCUT2D eigenvalue weighted by Crippen LogP contribution is -2.39. The first kappa shape index (κ1) is 16.2. The summed E-state index contributed by atoms with van der Waals surface area (Å²) in [4.78, 5) is 6.95. The SMILES string of the molecule is Cc1ccnc2ccc(-c3ccc(CN4CCC(N)CC4)cc3)cc12. The van der Waals surface area contributed by atoms with Crippen molar-refractivity contribution in [3.63, 3.8) is 0 Å². The van der Waals surface area contributed by atoms with Gasteiger partial charge >= 0.3 is 0 Å². The highest BCUT2D eigenvalue weighted by atomic mass is 15.1. The van der Waals surface area contributed by atoms with E-state index in [4.69, 9.17) is 5.73 Å². The molecule has 2 heterocycles. The van der Waals surface area contributed by atoms with Gasteiger partial charge in [0.2, 0.25) is 0 Å². The fourth-order valence-electron chi connectivity index (χ4n) is 3.64. The van der Waals surface area contributed by atoms with Crippen LogP contribution in [0, 0.1) is 6.92 Å². The number of benzene rings is 2. The summed E-state index contributed by atoms with van der Waals surface area (Å²) in [5, 5.41) is 1.23. The second kappa shape index (κ2) is 6.95. The quantitative estimate of drug-likeness (QED) is 0.784. The summed E-state index contributed by atoms with van der Waals surface area (Å²) in [5.74, 6) is 0. The fraction of sp³-hybridized carbons (Fsp3) is 0.318. The predicted molar refractivity (Wildman–Crippen MR) is 104 cm³/mol. The van der Waals surface area contributed by atoms with Crippen LogP contribution in [0.15, 0.2) is 54.7 Å². The van der Waals surface area contributed by atoms with E-state index in [-0.39, 0.29) is 0 Å². The van der Waals surface area contributed by atoms with Crippen molar-refractivity contribution in [3.05, 3.63) is 65.9 Å². The number of aromatic nitrogens is 1. The van der Waals surface area contributed by atoms with Crippen LogP contribution in [0.4, 0.5) is 0 Å². The lowest BCUT2D eigenvalue weighted by molar-refractivity contribution is 0.205. The molecule has 4 rings (SSSR count). The summed E-state index contributed by atoms with van der Waals surface area (Å²) >= 11 is 0. The molecule has 3 aromatic rings. The zero-order chi connectivity index (χ0) is 17.2. The van der Waals surface area contributed by atoms with Crippen LogP contribution in [0.25, 0.3) is 22.0 Å². The van der Waals surface area contributed by atoms with Gasteiger partial charge in [0.1, 0.15) is 0 Å². The van der Waals surface area contributed by atoms with Gasteiger partial charge in [-0.1, -0.05) is 30.3 Å². The minimum Gasteiger partial charge on any atom is -0.328 e. The van der Waals surface area contributed by atoms with Crippen LogP contribution in [0.2, 0.25) is 0 Å². The van der Waals surface area contributed by atoms with Crippen molar-refractivity contribution < 1.29 is 0 Å². The highest BCUT2D eigenvalue weighted by Gasteiger charge is 2.15. The van der Waals surface area contributed by atoms with Crippen molar-refractivity contribution in [3.8, 4) is 11.1 Å². The Morgan fingerprint density at radius 1 is 1.00 bits per heavy atom. The summed E-state index contributed by atoms with van der Waals surface area (Å²) < 4.78 is 0. The third-order valence-corrected chi connectivity index (χ3v) is 5.29. The molecule has 0 atom stereocenters. The molecule has 1 aliphatic rings. The number of rotatable bonds is 3. The summed E-state index contributed by atoms with van der Waals surface area (Å²) in [5.41, 5.74) is 12.2. The maximum Gasteiger partial charge on any atom is 0.0705 e. The normalized spacial score (nSPS) is 16.4. The monoisotopic (exact) mass is 331 g/mol. The van der Waals surface area contributed by atoms with Gasteiger partial charge < -0.3 is 5.73 Å². The minimum atomic E-state index is 0.393. The molecule has 1 aromatic heterocycles. The molecule has 1 saturated heterocycles. The van der Waals surface area contributed by atoms with Crippen LogP contribution >= 0.6 is 0 Å². The summed E-state index contributed by atoms with van der Waals surface area (Å²) in [6.45, 7) is 5.38. The van der Waals surface area contributed by atoms with Gasteiger partial charge in [-0.25, -0.2) is 0 Å². The fourth-order valence-corrected chi connectivity index (χ4v) is 3.64. The first-order valence-electron chi connectivity index (χ1n) is 9.12. The van der Waals surface area contributed by atoms with Crippen LogP contribution < -0.4 is 5.73 Å². The molecule has 25 heavy (non-hydrogen) atoms. The molecule has 0 spiro atoms. The van der Waals surface area contributed by atoms with Crippen molar-refractivity contribution >= 4 is 10.9 Å². The Hall–Kier alpha value is -2.23. The van der Waals surface area contributed by atoms with Crippen molar-refractivity contribution in [1.29, 1.82) is 0 Å². The number of hydrogen-bond donors (Lipinski definition) is 1. The van der Waals surface area contributed by atoms with Crippen LogP contribution in [0.3, 0.4) is 0 Å². The number of fused-ring (bicyclic) bond motifs is 1. The van der Waals surface area contributed by atoms with Crippen molar-refractivity contribution in [2.45, 2.75) is 32.4 Å². The van der Waals surface area contributed by atoms with E-state index in [0.717, 1.165) is 38.0 Å². The van der Waals surface area contributed by atoms with E-state index in [1.807, 2.05) is 6.20 Å². The Morgan fingerprint density at radius 3 is 2.48 bits per heavy atom. The number of likely N-dealkylation sites (tertiary alicyclic amines) is 1. The van der Waals surface area contributed by atoms with Crippen LogP contribution in [0.5, 0.6) is 0 Å². The van der Waals surface area contributed by atoms with Gasteiger partial charge in [-0.3, -0.25) is 9.88 Å². The Labute approximate surface area is 149 Å². The van der Waals surface area contributed by atoms with Crippen LogP contribution in [0.1, 0.15) is 24.0 Å². The van der Waals surface area contributed by atoms with Gasteiger partial charge in [0.15, 0.2) is 0 Å². The Bertz CT molecular complexity index is 862. The van der Waals surface area contributed by atoms with E-state index >= 15 is 0 Å². The zero-order valence-electron chi connectivity index (χ0n) is 14.8. The second-order valence-corrected chi connectivity index (χ2v) is 7.17. The smallest absolute Gasteiger partial charge is 0.0705 e. The molecule has 0 saturated carbocycles. The van der Waals surface area contributed by atoms with E-state index in [2.05, 4.69) is 65.3 Å². The molecule has 0 amide bonds. The molecule has 2 N–H and O–H groups in total. The number of nitrogens with two attached hydrogens (primary N) is 1. The molecule has 0 bridgehead atoms. The third-order valence-electron chi connectivity index (χ3n) is 5.29. The summed E-state index contributed by atoms with van der Waals surface area (Å²) in [7, 11) is 0. The lowest BCUT2D eigenvalue weighted by atomic mass is 10.00. The van der Waals surface area contributed by atoms with E-state index in [0.29, 0.717) is 6.04 Å². The summed E-state index contributed by atoms with van der Waals surface area (Å²) in [6.07, 6.45) is 4.10. The van der Waals surface area contributed by atoms with E-state index in [1.165, 1.54) is 27.6 Å². The highest BCUT2D eigenvalue weighted by molar-refractivity contribution is 5.86. The molecule has 2 aromatic carbocycles. The van der Waals surface area contributed by atoms with Gasteiger partial charge in [0, 0.05) is 24.2 Å². The number of pyridine rings is 1. The third kappa shape index (κ3) is 3.58. The molecular weight excluding hydrogens is 306 g/mol. The van der Waals surface area contributed by atoms with E-state index in [1.54, 1.807) is 0 Å². The molecule has 1 aliphatic heterocycles. The van der Waals surface area contributed by atoms with Gasteiger partial charge in [0.25, 0.3) is 0 Å². The average Bonchev–Trinajstić information content (AvgIpc) is 2.64. The highest BCUT2D eigenvalue weighted by Crippen LogP contribution is 2.26. The van der Waals surface area contributed by atoms with Crippen molar-refractivity contribution in [2.24, 2.45) is 5.73 Å². The number of nitrogens with zero attached hydrogens (tertiary/aromatic N) is 2. The maximum absolute atomic E-state index is 5.99. The average molecular weight is 331 g/mol. The molecule has 0 unspecified atom stereocenters. The molecule has 1 fully saturated rings.